The summed E-state index contributed by atoms with van der Waals surface area (Å²) in [4.78, 5) is 2.33. The molecule has 2 rings (SSSR count). The van der Waals surface area contributed by atoms with E-state index in [0.717, 1.165) is 23.7 Å². The Kier molecular flexibility index (Phi) is 4.43. The fraction of sp³-hybridized carbons (Fsp3) is 0.625. The van der Waals surface area contributed by atoms with Crippen LogP contribution in [0.2, 0.25) is 0 Å². The van der Waals surface area contributed by atoms with Crippen molar-refractivity contribution >= 4 is 11.4 Å². The van der Waals surface area contributed by atoms with Crippen LogP contribution in [0.15, 0.2) is 18.2 Å². The minimum absolute atomic E-state index is 0.157. The molecule has 0 aliphatic heterocycles. The minimum Gasteiger partial charge on any atom is -0.491 e. The van der Waals surface area contributed by atoms with Crippen molar-refractivity contribution in [1.29, 1.82) is 0 Å². The topological polar surface area (TPSA) is 50.5 Å². The average molecular weight is 277 g/mol. The van der Waals surface area contributed by atoms with Crippen molar-refractivity contribution in [3.8, 4) is 5.75 Å². The Morgan fingerprint density at radius 1 is 1.30 bits per heavy atom. The van der Waals surface area contributed by atoms with Gasteiger partial charge in [0, 0.05) is 35.6 Å². The molecule has 4 heteroatoms. The highest BCUT2D eigenvalue weighted by Crippen LogP contribution is 2.36. The number of anilines is 2. The Labute approximate surface area is 122 Å². The molecular formula is C16H27N3O. The minimum atomic E-state index is 0.157. The van der Waals surface area contributed by atoms with Crippen molar-refractivity contribution in [2.75, 3.05) is 31.7 Å². The molecule has 1 aromatic carbocycles. The van der Waals surface area contributed by atoms with Gasteiger partial charge in [0.1, 0.15) is 5.75 Å². The van der Waals surface area contributed by atoms with Crippen LogP contribution < -0.4 is 15.8 Å². The van der Waals surface area contributed by atoms with Gasteiger partial charge in [-0.1, -0.05) is 0 Å². The maximum Gasteiger partial charge on any atom is 0.123 e. The summed E-state index contributed by atoms with van der Waals surface area (Å²) in [5, 5.41) is 3.52. The molecule has 0 atom stereocenters. The van der Waals surface area contributed by atoms with E-state index in [9.17, 15) is 0 Å². The van der Waals surface area contributed by atoms with E-state index in [2.05, 4.69) is 24.3 Å². The highest BCUT2D eigenvalue weighted by Gasteiger charge is 2.38. The number of nitrogens with zero attached hydrogens (tertiary/aromatic N) is 1. The summed E-state index contributed by atoms with van der Waals surface area (Å²) in [5.41, 5.74) is 8.02. The third-order valence-corrected chi connectivity index (χ3v) is 4.16. The monoisotopic (exact) mass is 277 g/mol. The summed E-state index contributed by atoms with van der Waals surface area (Å²) in [6, 6.07) is 5.86. The van der Waals surface area contributed by atoms with E-state index < -0.39 is 0 Å². The third kappa shape index (κ3) is 3.37. The highest BCUT2D eigenvalue weighted by atomic mass is 16.5. The molecule has 0 heterocycles. The molecule has 1 aliphatic rings. The second-order valence-corrected chi connectivity index (χ2v) is 6.28. The molecule has 1 fully saturated rings. The summed E-state index contributed by atoms with van der Waals surface area (Å²) < 4.78 is 5.72. The lowest BCUT2D eigenvalue weighted by molar-refractivity contribution is 0.0739. The van der Waals surface area contributed by atoms with Crippen molar-refractivity contribution in [3.05, 3.63) is 18.2 Å². The summed E-state index contributed by atoms with van der Waals surface area (Å²) in [6.07, 6.45) is 3.98. The van der Waals surface area contributed by atoms with Gasteiger partial charge in [0.2, 0.25) is 0 Å². The van der Waals surface area contributed by atoms with Gasteiger partial charge >= 0.3 is 0 Å². The number of ether oxygens (including phenoxy) is 1. The van der Waals surface area contributed by atoms with E-state index in [0.29, 0.717) is 5.54 Å². The van der Waals surface area contributed by atoms with Crippen molar-refractivity contribution in [2.24, 2.45) is 0 Å². The Morgan fingerprint density at radius 2 is 2.00 bits per heavy atom. The van der Waals surface area contributed by atoms with E-state index >= 15 is 0 Å². The van der Waals surface area contributed by atoms with Crippen LogP contribution in [-0.2, 0) is 0 Å². The number of benzene rings is 1. The zero-order chi connectivity index (χ0) is 14.8. The number of nitrogens with one attached hydrogen (secondary N) is 1. The van der Waals surface area contributed by atoms with Gasteiger partial charge in [-0.05, 0) is 53.3 Å². The largest absolute Gasteiger partial charge is 0.491 e. The number of nitrogens with two attached hydrogens (primary N) is 1. The third-order valence-electron chi connectivity index (χ3n) is 4.16. The van der Waals surface area contributed by atoms with Crippen LogP contribution in [-0.4, -0.2) is 37.2 Å². The molecule has 1 saturated carbocycles. The Balaban J connectivity index is 2.04. The van der Waals surface area contributed by atoms with Crippen LogP contribution in [0.5, 0.6) is 5.75 Å². The smallest absolute Gasteiger partial charge is 0.123 e. The van der Waals surface area contributed by atoms with Crippen LogP contribution in [0.3, 0.4) is 0 Å². The molecule has 20 heavy (non-hydrogen) atoms. The standard InChI is InChI=1S/C16H27N3O/c1-12(2)20-15-9-13(17)8-14(10-15)18-11-16(19(3)4)6-5-7-16/h8-10,12,18H,5-7,11,17H2,1-4H3. The van der Waals surface area contributed by atoms with Gasteiger partial charge in [-0.15, -0.1) is 0 Å². The van der Waals surface area contributed by atoms with Gasteiger partial charge in [0.05, 0.1) is 6.10 Å². The quantitative estimate of drug-likeness (QED) is 0.785. The van der Waals surface area contributed by atoms with E-state index in [1.807, 2.05) is 32.0 Å². The van der Waals surface area contributed by atoms with Crippen LogP contribution in [0, 0.1) is 0 Å². The van der Waals surface area contributed by atoms with Crippen LogP contribution in [0.25, 0.3) is 0 Å². The molecule has 0 amide bonds. The fourth-order valence-corrected chi connectivity index (χ4v) is 2.70. The highest BCUT2D eigenvalue weighted by molar-refractivity contribution is 5.59. The number of rotatable bonds is 6. The first-order valence-corrected chi connectivity index (χ1v) is 7.40. The lowest BCUT2D eigenvalue weighted by Gasteiger charge is -2.47. The normalized spacial score (nSPS) is 17.1. The fourth-order valence-electron chi connectivity index (χ4n) is 2.70. The molecule has 1 aromatic rings. The van der Waals surface area contributed by atoms with E-state index in [1.54, 1.807) is 0 Å². The zero-order valence-electron chi connectivity index (χ0n) is 13.1. The first kappa shape index (κ1) is 15.0. The maximum atomic E-state index is 5.95. The summed E-state index contributed by atoms with van der Waals surface area (Å²) in [7, 11) is 4.32. The van der Waals surface area contributed by atoms with E-state index in [-0.39, 0.29) is 6.10 Å². The van der Waals surface area contributed by atoms with Gasteiger partial charge in [-0.2, -0.15) is 0 Å². The molecule has 1 aliphatic carbocycles. The van der Waals surface area contributed by atoms with Gasteiger partial charge in [0.15, 0.2) is 0 Å². The predicted octanol–water partition coefficient (Wildman–Crippen LogP) is 2.95. The van der Waals surface area contributed by atoms with Crippen LogP contribution >= 0.6 is 0 Å². The summed E-state index contributed by atoms with van der Waals surface area (Å²) in [6.45, 7) is 4.99. The molecule has 0 aromatic heterocycles. The first-order chi connectivity index (χ1) is 9.41. The molecule has 0 saturated heterocycles. The van der Waals surface area contributed by atoms with Gasteiger partial charge in [-0.3, -0.25) is 0 Å². The Morgan fingerprint density at radius 3 is 2.50 bits per heavy atom. The van der Waals surface area contributed by atoms with Crippen LogP contribution in [0.1, 0.15) is 33.1 Å². The molecule has 112 valence electrons. The molecule has 0 spiro atoms. The molecule has 4 nitrogen and oxygen atoms in total. The number of hydrogen-bond donors (Lipinski definition) is 2. The van der Waals surface area contributed by atoms with Crippen molar-refractivity contribution in [2.45, 2.75) is 44.8 Å². The van der Waals surface area contributed by atoms with Crippen molar-refractivity contribution in [3.63, 3.8) is 0 Å². The zero-order valence-corrected chi connectivity index (χ0v) is 13.1. The second-order valence-electron chi connectivity index (χ2n) is 6.28. The SMILES string of the molecule is CC(C)Oc1cc(N)cc(NCC2(N(C)C)CCC2)c1. The lowest BCUT2D eigenvalue weighted by Crippen LogP contribution is -2.54. The first-order valence-electron chi connectivity index (χ1n) is 7.40. The van der Waals surface area contributed by atoms with Gasteiger partial charge in [-0.25, -0.2) is 0 Å². The molecule has 0 bridgehead atoms. The molecule has 0 radical (unpaired) electrons. The van der Waals surface area contributed by atoms with Gasteiger partial charge < -0.3 is 20.7 Å². The average Bonchev–Trinajstić information content (AvgIpc) is 2.24. The lowest BCUT2D eigenvalue weighted by atomic mass is 9.75. The maximum absolute atomic E-state index is 5.95. The Bertz CT molecular complexity index is 453. The molecule has 0 unspecified atom stereocenters. The Hall–Kier alpha value is -1.42. The number of nitrogen functional groups attached to an aromatic ring is 1. The van der Waals surface area contributed by atoms with Crippen LogP contribution in [0.4, 0.5) is 11.4 Å². The summed E-state index contributed by atoms with van der Waals surface area (Å²) >= 11 is 0. The van der Waals surface area contributed by atoms with Crippen molar-refractivity contribution in [1.82, 2.24) is 4.90 Å². The van der Waals surface area contributed by atoms with E-state index in [1.165, 1.54) is 19.3 Å². The number of likely N-dealkylation sites (N-methyl/N-ethyl adjacent to an activating group) is 1. The molecule has 3 N–H and O–H groups in total. The molecular weight excluding hydrogens is 250 g/mol. The summed E-state index contributed by atoms with van der Waals surface area (Å²) in [5.74, 6) is 0.829. The van der Waals surface area contributed by atoms with Gasteiger partial charge in [0.25, 0.3) is 0 Å². The second kappa shape index (κ2) is 5.92. The van der Waals surface area contributed by atoms with E-state index in [4.69, 9.17) is 10.5 Å². The predicted molar refractivity (Wildman–Crippen MR) is 85.4 cm³/mol. The number of hydrogen-bond acceptors (Lipinski definition) is 4. The van der Waals surface area contributed by atoms with Crippen molar-refractivity contribution < 1.29 is 4.74 Å².